The SMILES string of the molecule is C=C1CCC(N2CCC3(CCN(CC(O)c4ccc(-n5cnnn5)cc4C)CC3)C2=O)=C1C. The molecule has 1 atom stereocenters. The Kier molecular flexibility index (Phi) is 5.66. The minimum Gasteiger partial charge on any atom is -0.387 e. The zero-order chi connectivity index (χ0) is 23.2. The predicted molar refractivity (Wildman–Crippen MR) is 124 cm³/mol. The first kappa shape index (κ1) is 22.0. The number of benzene rings is 1. The second-order valence-corrected chi connectivity index (χ2v) is 9.77. The van der Waals surface area contributed by atoms with Crippen molar-refractivity contribution in [2.45, 2.75) is 52.1 Å². The number of amides is 1. The molecule has 2 fully saturated rings. The predicted octanol–water partition coefficient (Wildman–Crippen LogP) is 2.94. The Morgan fingerprint density at radius 1 is 1.15 bits per heavy atom. The zero-order valence-electron chi connectivity index (χ0n) is 19.5. The third kappa shape index (κ3) is 3.91. The lowest BCUT2D eigenvalue weighted by Gasteiger charge is -2.39. The molecule has 2 saturated heterocycles. The normalized spacial score (nSPS) is 22.1. The molecule has 0 radical (unpaired) electrons. The van der Waals surface area contributed by atoms with Crippen LogP contribution in [-0.2, 0) is 4.79 Å². The smallest absolute Gasteiger partial charge is 0.233 e. The molecule has 2 aromatic rings. The van der Waals surface area contributed by atoms with E-state index in [0.717, 1.165) is 68.6 Å². The first-order valence-corrected chi connectivity index (χ1v) is 11.8. The molecule has 3 aliphatic rings. The molecule has 1 aromatic carbocycles. The summed E-state index contributed by atoms with van der Waals surface area (Å²) < 4.78 is 1.61. The number of likely N-dealkylation sites (tertiary alicyclic amines) is 2. The molecule has 1 amide bonds. The molecule has 1 unspecified atom stereocenters. The molecular formula is C25H32N6O2. The fraction of sp³-hybridized carbons (Fsp3) is 0.520. The quantitative estimate of drug-likeness (QED) is 0.757. The molecule has 1 aromatic heterocycles. The van der Waals surface area contributed by atoms with Crippen molar-refractivity contribution in [2.75, 3.05) is 26.2 Å². The van der Waals surface area contributed by atoms with Gasteiger partial charge in [-0.2, -0.15) is 0 Å². The molecule has 3 heterocycles. The Morgan fingerprint density at radius 3 is 2.55 bits per heavy atom. The topological polar surface area (TPSA) is 87.4 Å². The fourth-order valence-electron chi connectivity index (χ4n) is 5.69. The van der Waals surface area contributed by atoms with Crippen LogP contribution in [0.5, 0.6) is 0 Å². The molecule has 174 valence electrons. The van der Waals surface area contributed by atoms with Gasteiger partial charge in [-0.15, -0.1) is 5.10 Å². The zero-order valence-corrected chi connectivity index (χ0v) is 19.5. The lowest BCUT2D eigenvalue weighted by molar-refractivity contribution is -0.137. The van der Waals surface area contributed by atoms with E-state index in [0.29, 0.717) is 12.5 Å². The van der Waals surface area contributed by atoms with E-state index in [-0.39, 0.29) is 5.41 Å². The number of aliphatic hydroxyl groups excluding tert-OH is 1. The molecule has 1 spiro atoms. The number of rotatable bonds is 5. The number of carbonyl (C=O) groups is 1. The Morgan fingerprint density at radius 2 is 1.91 bits per heavy atom. The van der Waals surface area contributed by atoms with Crippen molar-refractivity contribution in [1.29, 1.82) is 0 Å². The lowest BCUT2D eigenvalue weighted by atomic mass is 9.77. The summed E-state index contributed by atoms with van der Waals surface area (Å²) in [6, 6.07) is 5.86. The van der Waals surface area contributed by atoms with Gasteiger partial charge in [-0.1, -0.05) is 18.2 Å². The number of hydrogen-bond donors (Lipinski definition) is 1. The highest BCUT2D eigenvalue weighted by Gasteiger charge is 2.49. The van der Waals surface area contributed by atoms with Gasteiger partial charge >= 0.3 is 0 Å². The largest absolute Gasteiger partial charge is 0.387 e. The summed E-state index contributed by atoms with van der Waals surface area (Å²) in [7, 11) is 0. The molecule has 0 bridgehead atoms. The average molecular weight is 449 g/mol. The van der Waals surface area contributed by atoms with E-state index in [1.54, 1.807) is 11.0 Å². The average Bonchev–Trinajstić information content (AvgIpc) is 3.53. The van der Waals surface area contributed by atoms with Gasteiger partial charge in [0.2, 0.25) is 5.91 Å². The second kappa shape index (κ2) is 8.50. The number of aliphatic hydroxyl groups is 1. The van der Waals surface area contributed by atoms with Crippen molar-refractivity contribution in [3.8, 4) is 5.69 Å². The van der Waals surface area contributed by atoms with Gasteiger partial charge in [0.05, 0.1) is 17.2 Å². The molecular weight excluding hydrogens is 416 g/mol. The van der Waals surface area contributed by atoms with Gasteiger partial charge in [0, 0.05) is 18.8 Å². The molecule has 33 heavy (non-hydrogen) atoms. The highest BCUT2D eigenvalue weighted by molar-refractivity contribution is 5.87. The van der Waals surface area contributed by atoms with E-state index in [2.05, 4.69) is 33.9 Å². The molecule has 2 aliphatic heterocycles. The van der Waals surface area contributed by atoms with Crippen molar-refractivity contribution in [1.82, 2.24) is 30.0 Å². The molecule has 0 saturated carbocycles. The number of aryl methyl sites for hydroxylation is 1. The number of tetrazole rings is 1. The standard InChI is InChI=1S/C25H32N6O2/c1-17-4-7-22(19(17)3)30-13-10-25(24(30)33)8-11-29(12-9-25)15-23(32)21-6-5-20(14-18(21)2)31-16-26-27-28-31/h5-6,14,16,23,32H,1,4,7-13,15H2,2-3H3. The summed E-state index contributed by atoms with van der Waals surface area (Å²) in [5.41, 5.74) is 6.13. The summed E-state index contributed by atoms with van der Waals surface area (Å²) in [6.45, 7) is 11.3. The van der Waals surface area contributed by atoms with Crippen LogP contribution in [0.1, 0.15) is 56.3 Å². The molecule has 1 aliphatic carbocycles. The van der Waals surface area contributed by atoms with Gasteiger partial charge in [0.15, 0.2) is 0 Å². The Hall–Kier alpha value is -2.84. The highest BCUT2D eigenvalue weighted by Crippen LogP contribution is 2.45. The molecule has 5 rings (SSSR count). The summed E-state index contributed by atoms with van der Waals surface area (Å²) >= 11 is 0. The third-order valence-electron chi connectivity index (χ3n) is 7.94. The first-order chi connectivity index (χ1) is 15.9. The Labute approximate surface area is 194 Å². The number of piperidine rings is 1. The molecule has 8 heteroatoms. The van der Waals surface area contributed by atoms with Gasteiger partial charge in [0.1, 0.15) is 6.33 Å². The number of nitrogens with zero attached hydrogens (tertiary/aromatic N) is 6. The highest BCUT2D eigenvalue weighted by atomic mass is 16.3. The maximum Gasteiger partial charge on any atom is 0.233 e. The van der Waals surface area contributed by atoms with Crippen LogP contribution in [0.4, 0.5) is 0 Å². The second-order valence-electron chi connectivity index (χ2n) is 9.77. The minimum absolute atomic E-state index is 0.234. The van der Waals surface area contributed by atoms with E-state index >= 15 is 0 Å². The van der Waals surface area contributed by atoms with Crippen molar-refractivity contribution >= 4 is 5.91 Å². The fourth-order valence-corrected chi connectivity index (χ4v) is 5.69. The van der Waals surface area contributed by atoms with Crippen molar-refractivity contribution in [3.63, 3.8) is 0 Å². The third-order valence-corrected chi connectivity index (χ3v) is 7.94. The Bertz CT molecular complexity index is 1100. The molecule has 1 N–H and O–H groups in total. The van der Waals surface area contributed by atoms with Crippen LogP contribution >= 0.6 is 0 Å². The first-order valence-electron chi connectivity index (χ1n) is 11.8. The van der Waals surface area contributed by atoms with Gasteiger partial charge in [-0.05, 0) is 98.3 Å². The van der Waals surface area contributed by atoms with Crippen LogP contribution in [0.15, 0.2) is 47.9 Å². The van der Waals surface area contributed by atoms with Crippen LogP contribution < -0.4 is 0 Å². The minimum atomic E-state index is -0.574. The van der Waals surface area contributed by atoms with Crippen LogP contribution in [0.2, 0.25) is 0 Å². The van der Waals surface area contributed by atoms with Crippen molar-refractivity contribution in [3.05, 3.63) is 59.1 Å². The van der Waals surface area contributed by atoms with Gasteiger partial charge in [-0.3, -0.25) is 4.79 Å². The monoisotopic (exact) mass is 448 g/mol. The number of hydrogen-bond acceptors (Lipinski definition) is 6. The van der Waals surface area contributed by atoms with E-state index in [4.69, 9.17) is 0 Å². The number of aromatic nitrogens is 4. The summed E-state index contributed by atoms with van der Waals surface area (Å²) in [5, 5.41) is 22.2. The Balaban J connectivity index is 1.21. The number of allylic oxidation sites excluding steroid dienone is 3. The molecule has 8 nitrogen and oxygen atoms in total. The van der Waals surface area contributed by atoms with Crippen LogP contribution in [0.3, 0.4) is 0 Å². The number of carbonyl (C=O) groups excluding carboxylic acids is 1. The number of β-amino-alcohol motifs (C(OH)–C–C–N with tert-alkyl or cyclic N) is 1. The van der Waals surface area contributed by atoms with Crippen LogP contribution in [0, 0.1) is 12.3 Å². The van der Waals surface area contributed by atoms with E-state index in [9.17, 15) is 9.90 Å². The summed E-state index contributed by atoms with van der Waals surface area (Å²) in [4.78, 5) is 17.8. The summed E-state index contributed by atoms with van der Waals surface area (Å²) in [5.74, 6) is 0.306. The lowest BCUT2D eigenvalue weighted by Crippen LogP contribution is -2.45. The van der Waals surface area contributed by atoms with Crippen molar-refractivity contribution < 1.29 is 9.90 Å². The van der Waals surface area contributed by atoms with Gasteiger partial charge in [0.25, 0.3) is 0 Å². The van der Waals surface area contributed by atoms with E-state index in [1.807, 2.05) is 30.0 Å². The maximum absolute atomic E-state index is 13.4. The van der Waals surface area contributed by atoms with E-state index in [1.165, 1.54) is 16.8 Å². The van der Waals surface area contributed by atoms with Crippen molar-refractivity contribution in [2.24, 2.45) is 5.41 Å². The van der Waals surface area contributed by atoms with Gasteiger partial charge in [-0.25, -0.2) is 4.68 Å². The maximum atomic E-state index is 13.4. The van der Waals surface area contributed by atoms with Crippen LogP contribution in [-0.4, -0.2) is 67.2 Å². The summed E-state index contributed by atoms with van der Waals surface area (Å²) in [6.07, 6.45) is 5.55. The van der Waals surface area contributed by atoms with E-state index < -0.39 is 6.10 Å². The van der Waals surface area contributed by atoms with Gasteiger partial charge < -0.3 is 14.9 Å². The van der Waals surface area contributed by atoms with Crippen LogP contribution in [0.25, 0.3) is 5.69 Å².